The van der Waals surface area contributed by atoms with Crippen molar-refractivity contribution >= 4 is 29.1 Å². The molecular weight excluding hydrogens is 431 g/mol. The molecule has 0 saturated carbocycles. The highest BCUT2D eigenvalue weighted by molar-refractivity contribution is 6.32. The summed E-state index contributed by atoms with van der Waals surface area (Å²) in [6.45, 7) is 1.96. The SMILES string of the molecule is Cc1ccc(-c2nn(-c3ccccc3Cl)cc2C(=O)Nc2ccc(F)c(C(N)=O)c2)cc1. The smallest absolute Gasteiger partial charge is 0.259 e. The molecule has 32 heavy (non-hydrogen) atoms. The van der Waals surface area contributed by atoms with Crippen molar-refractivity contribution in [3.63, 3.8) is 0 Å². The molecule has 0 radical (unpaired) electrons. The number of para-hydroxylation sites is 1. The summed E-state index contributed by atoms with van der Waals surface area (Å²) in [5.74, 6) is -2.17. The number of primary amides is 1. The number of amides is 2. The number of anilines is 1. The van der Waals surface area contributed by atoms with E-state index in [2.05, 4.69) is 10.4 Å². The minimum absolute atomic E-state index is 0.227. The van der Waals surface area contributed by atoms with Crippen LogP contribution >= 0.6 is 11.6 Å². The highest BCUT2D eigenvalue weighted by Crippen LogP contribution is 2.27. The van der Waals surface area contributed by atoms with Crippen LogP contribution in [0.2, 0.25) is 5.02 Å². The van der Waals surface area contributed by atoms with E-state index in [1.54, 1.807) is 24.4 Å². The Morgan fingerprint density at radius 2 is 1.75 bits per heavy atom. The molecule has 1 heterocycles. The van der Waals surface area contributed by atoms with Crippen LogP contribution in [0.3, 0.4) is 0 Å². The average Bonchev–Trinajstić information content (AvgIpc) is 3.21. The van der Waals surface area contributed by atoms with Crippen molar-refractivity contribution in [2.75, 3.05) is 5.32 Å². The van der Waals surface area contributed by atoms with Crippen LogP contribution in [-0.2, 0) is 0 Å². The largest absolute Gasteiger partial charge is 0.366 e. The molecule has 0 bridgehead atoms. The number of nitrogens with two attached hydrogens (primary N) is 1. The Hall–Kier alpha value is -3.97. The molecule has 1 aromatic heterocycles. The van der Waals surface area contributed by atoms with Gasteiger partial charge in [-0.15, -0.1) is 0 Å². The van der Waals surface area contributed by atoms with Crippen molar-refractivity contribution in [2.45, 2.75) is 6.92 Å². The van der Waals surface area contributed by atoms with Gasteiger partial charge in [-0.05, 0) is 37.3 Å². The monoisotopic (exact) mass is 448 g/mol. The first-order valence-corrected chi connectivity index (χ1v) is 10.0. The van der Waals surface area contributed by atoms with Crippen LogP contribution < -0.4 is 11.1 Å². The second kappa shape index (κ2) is 8.64. The Labute approximate surface area is 188 Å². The Balaban J connectivity index is 1.77. The fourth-order valence-electron chi connectivity index (χ4n) is 3.22. The third kappa shape index (κ3) is 4.24. The van der Waals surface area contributed by atoms with Crippen LogP contribution in [0.1, 0.15) is 26.3 Å². The quantitative estimate of drug-likeness (QED) is 0.450. The molecule has 0 aliphatic rings. The van der Waals surface area contributed by atoms with E-state index in [9.17, 15) is 14.0 Å². The molecule has 2 amide bonds. The fourth-order valence-corrected chi connectivity index (χ4v) is 3.44. The maximum absolute atomic E-state index is 13.8. The van der Waals surface area contributed by atoms with Crippen molar-refractivity contribution < 1.29 is 14.0 Å². The van der Waals surface area contributed by atoms with Crippen molar-refractivity contribution in [2.24, 2.45) is 5.73 Å². The van der Waals surface area contributed by atoms with Crippen LogP contribution in [0.25, 0.3) is 16.9 Å². The molecule has 3 N–H and O–H groups in total. The minimum Gasteiger partial charge on any atom is -0.366 e. The minimum atomic E-state index is -0.925. The Morgan fingerprint density at radius 1 is 1.03 bits per heavy atom. The third-order valence-corrected chi connectivity index (χ3v) is 5.19. The molecule has 0 saturated heterocycles. The van der Waals surface area contributed by atoms with Crippen molar-refractivity contribution in [1.82, 2.24) is 9.78 Å². The zero-order chi connectivity index (χ0) is 22.8. The van der Waals surface area contributed by atoms with Crippen molar-refractivity contribution in [3.8, 4) is 16.9 Å². The highest BCUT2D eigenvalue weighted by atomic mass is 35.5. The van der Waals surface area contributed by atoms with Gasteiger partial charge in [0, 0.05) is 17.4 Å². The standard InChI is InChI=1S/C24H18ClFN4O2/c1-14-6-8-15(9-7-14)22-18(13-30(29-22)21-5-3-2-4-19(21)25)24(32)28-16-10-11-20(26)17(12-16)23(27)31/h2-13H,1H3,(H2,27,31)(H,28,32). The lowest BCUT2D eigenvalue weighted by Gasteiger charge is -2.07. The lowest BCUT2D eigenvalue weighted by Crippen LogP contribution is -2.16. The zero-order valence-corrected chi connectivity index (χ0v) is 17.7. The molecule has 0 aliphatic carbocycles. The maximum Gasteiger partial charge on any atom is 0.259 e. The topological polar surface area (TPSA) is 90.0 Å². The molecule has 0 fully saturated rings. The van der Waals surface area contributed by atoms with Gasteiger partial charge in [-0.25, -0.2) is 9.07 Å². The van der Waals surface area contributed by atoms with Crippen LogP contribution in [0.5, 0.6) is 0 Å². The number of benzene rings is 3. The average molecular weight is 449 g/mol. The molecule has 0 aliphatic heterocycles. The van der Waals surface area contributed by atoms with Gasteiger partial charge < -0.3 is 11.1 Å². The molecule has 0 unspecified atom stereocenters. The van der Waals surface area contributed by atoms with Gasteiger partial charge in [0.25, 0.3) is 11.8 Å². The highest BCUT2D eigenvalue weighted by Gasteiger charge is 2.20. The lowest BCUT2D eigenvalue weighted by atomic mass is 10.1. The molecule has 4 rings (SSSR count). The summed E-state index contributed by atoms with van der Waals surface area (Å²) in [7, 11) is 0. The number of aromatic nitrogens is 2. The van der Waals surface area contributed by atoms with Crippen LogP contribution in [0, 0.1) is 12.7 Å². The number of hydrogen-bond donors (Lipinski definition) is 2. The zero-order valence-electron chi connectivity index (χ0n) is 17.0. The molecule has 3 aromatic carbocycles. The molecule has 6 nitrogen and oxygen atoms in total. The van der Waals surface area contributed by atoms with Crippen molar-refractivity contribution in [3.05, 3.63) is 100 Å². The third-order valence-electron chi connectivity index (χ3n) is 4.87. The van der Waals surface area contributed by atoms with Gasteiger partial charge >= 0.3 is 0 Å². The normalized spacial score (nSPS) is 10.7. The van der Waals surface area contributed by atoms with E-state index in [0.717, 1.165) is 17.2 Å². The van der Waals surface area contributed by atoms with Gasteiger partial charge in [0.05, 0.1) is 21.8 Å². The van der Waals surface area contributed by atoms with E-state index in [-0.39, 0.29) is 16.8 Å². The molecule has 160 valence electrons. The van der Waals surface area contributed by atoms with E-state index >= 15 is 0 Å². The molecule has 0 spiro atoms. The van der Waals surface area contributed by atoms with Crippen LogP contribution in [-0.4, -0.2) is 21.6 Å². The number of rotatable bonds is 5. The predicted molar refractivity (Wildman–Crippen MR) is 122 cm³/mol. The summed E-state index contributed by atoms with van der Waals surface area (Å²) in [4.78, 5) is 24.6. The second-order valence-electron chi connectivity index (χ2n) is 7.17. The number of nitrogens with one attached hydrogen (secondary N) is 1. The Morgan fingerprint density at radius 3 is 2.44 bits per heavy atom. The summed E-state index contributed by atoms with van der Waals surface area (Å²) >= 11 is 6.32. The number of hydrogen-bond acceptors (Lipinski definition) is 3. The number of carbonyl (C=O) groups excluding carboxylic acids is 2. The first-order chi connectivity index (χ1) is 15.3. The van der Waals surface area contributed by atoms with Crippen LogP contribution in [0.4, 0.5) is 10.1 Å². The van der Waals surface area contributed by atoms with Gasteiger partial charge in [-0.3, -0.25) is 9.59 Å². The fraction of sp³-hybridized carbons (Fsp3) is 0.0417. The van der Waals surface area contributed by atoms with Gasteiger partial charge in [-0.2, -0.15) is 5.10 Å². The van der Waals surface area contributed by atoms with Gasteiger partial charge in [0.15, 0.2) is 0 Å². The van der Waals surface area contributed by atoms with Gasteiger partial charge in [0.1, 0.15) is 11.5 Å². The van der Waals surface area contributed by atoms with Crippen molar-refractivity contribution in [1.29, 1.82) is 0 Å². The lowest BCUT2D eigenvalue weighted by molar-refractivity contribution is 0.0992. The summed E-state index contributed by atoms with van der Waals surface area (Å²) in [6.07, 6.45) is 1.57. The predicted octanol–water partition coefficient (Wildman–Crippen LogP) is 4.99. The summed E-state index contributed by atoms with van der Waals surface area (Å²) in [6, 6.07) is 18.3. The number of aryl methyl sites for hydroxylation is 1. The first-order valence-electron chi connectivity index (χ1n) is 9.66. The number of nitrogens with zero attached hydrogens (tertiary/aromatic N) is 2. The van der Waals surface area contributed by atoms with Crippen LogP contribution in [0.15, 0.2) is 72.9 Å². The van der Waals surface area contributed by atoms with Gasteiger partial charge in [-0.1, -0.05) is 53.6 Å². The maximum atomic E-state index is 13.8. The summed E-state index contributed by atoms with van der Waals surface area (Å²) < 4.78 is 15.3. The molecular formula is C24H18ClFN4O2. The first kappa shape index (κ1) is 21.3. The van der Waals surface area contributed by atoms with E-state index < -0.39 is 17.6 Å². The molecule has 4 aromatic rings. The Bertz CT molecular complexity index is 1330. The van der Waals surface area contributed by atoms with E-state index in [4.69, 9.17) is 17.3 Å². The molecule has 0 atom stereocenters. The Kier molecular flexibility index (Phi) is 5.75. The number of halogens is 2. The summed E-state index contributed by atoms with van der Waals surface area (Å²) in [5.41, 5.74) is 8.25. The molecule has 8 heteroatoms. The second-order valence-corrected chi connectivity index (χ2v) is 7.57. The van der Waals surface area contributed by atoms with E-state index in [1.807, 2.05) is 37.3 Å². The number of carbonyl (C=O) groups is 2. The van der Waals surface area contributed by atoms with E-state index in [0.29, 0.717) is 16.4 Å². The van der Waals surface area contributed by atoms with Gasteiger partial charge in [0.2, 0.25) is 0 Å². The summed E-state index contributed by atoms with van der Waals surface area (Å²) in [5, 5.41) is 7.76. The van der Waals surface area contributed by atoms with E-state index in [1.165, 1.54) is 16.8 Å².